The van der Waals surface area contributed by atoms with E-state index in [0.717, 1.165) is 5.69 Å². The number of phenols is 2. The maximum Gasteiger partial charge on any atom is 0.244 e. The predicted octanol–water partition coefficient (Wildman–Crippen LogP) is 1.86. The van der Waals surface area contributed by atoms with Gasteiger partial charge in [-0.2, -0.15) is 0 Å². The fourth-order valence-corrected chi connectivity index (χ4v) is 1.73. The van der Waals surface area contributed by atoms with E-state index in [2.05, 4.69) is 10.3 Å². The Bertz CT molecular complexity index is 639. The van der Waals surface area contributed by atoms with Crippen LogP contribution >= 0.6 is 0 Å². The van der Waals surface area contributed by atoms with Gasteiger partial charge in [0, 0.05) is 30.9 Å². The van der Waals surface area contributed by atoms with E-state index in [4.69, 9.17) is 0 Å². The van der Waals surface area contributed by atoms with E-state index < -0.39 is 0 Å². The van der Waals surface area contributed by atoms with Crippen LogP contribution in [0.15, 0.2) is 48.7 Å². The highest BCUT2D eigenvalue weighted by atomic mass is 16.3. The Kier molecular flexibility index (Phi) is 4.93. The zero-order valence-electron chi connectivity index (χ0n) is 11.4. The molecule has 5 nitrogen and oxygen atoms in total. The van der Waals surface area contributed by atoms with Crippen LogP contribution in [0.3, 0.4) is 0 Å². The highest BCUT2D eigenvalue weighted by molar-refractivity contribution is 5.91. The molecule has 1 heterocycles. The van der Waals surface area contributed by atoms with Gasteiger partial charge in [0.15, 0.2) is 11.5 Å². The average molecular weight is 284 g/mol. The van der Waals surface area contributed by atoms with Gasteiger partial charge in [0.25, 0.3) is 0 Å². The number of carbonyl (C=O) groups is 1. The van der Waals surface area contributed by atoms with Gasteiger partial charge in [0.2, 0.25) is 5.91 Å². The number of nitrogens with one attached hydrogen (secondary N) is 1. The molecule has 0 saturated carbocycles. The summed E-state index contributed by atoms with van der Waals surface area (Å²) >= 11 is 0. The lowest BCUT2D eigenvalue weighted by Crippen LogP contribution is -2.23. The van der Waals surface area contributed by atoms with Crippen molar-refractivity contribution >= 4 is 12.0 Å². The summed E-state index contributed by atoms with van der Waals surface area (Å²) in [5.74, 6) is -0.627. The van der Waals surface area contributed by atoms with Crippen LogP contribution in [-0.2, 0) is 11.2 Å². The lowest BCUT2D eigenvalue weighted by Gasteiger charge is -2.02. The quantitative estimate of drug-likeness (QED) is 0.578. The maximum absolute atomic E-state index is 11.6. The fourth-order valence-electron chi connectivity index (χ4n) is 1.73. The first-order valence-electron chi connectivity index (χ1n) is 6.53. The zero-order chi connectivity index (χ0) is 15.1. The Morgan fingerprint density at radius 1 is 1.19 bits per heavy atom. The molecule has 3 N–H and O–H groups in total. The van der Waals surface area contributed by atoms with Crippen molar-refractivity contribution in [1.29, 1.82) is 0 Å². The van der Waals surface area contributed by atoms with Gasteiger partial charge >= 0.3 is 0 Å². The van der Waals surface area contributed by atoms with Crippen LogP contribution in [0.2, 0.25) is 0 Å². The van der Waals surface area contributed by atoms with Crippen molar-refractivity contribution in [3.63, 3.8) is 0 Å². The summed E-state index contributed by atoms with van der Waals surface area (Å²) in [6.07, 6.45) is 5.33. The minimum absolute atomic E-state index is 0.188. The second-order valence-electron chi connectivity index (χ2n) is 4.44. The molecule has 108 valence electrons. The molecular weight excluding hydrogens is 268 g/mol. The van der Waals surface area contributed by atoms with Crippen LogP contribution in [0.1, 0.15) is 11.3 Å². The monoisotopic (exact) mass is 284 g/mol. The SMILES string of the molecule is O=C(C=Cc1ccc(O)c(O)c1)NCCc1ccccn1. The number of aromatic nitrogens is 1. The smallest absolute Gasteiger partial charge is 0.244 e. The van der Waals surface area contributed by atoms with Crippen LogP contribution in [0.5, 0.6) is 11.5 Å². The first kappa shape index (κ1) is 14.6. The van der Waals surface area contributed by atoms with Crippen LogP contribution in [0, 0.1) is 0 Å². The summed E-state index contributed by atoms with van der Waals surface area (Å²) in [7, 11) is 0. The minimum atomic E-state index is -0.224. The third-order valence-corrected chi connectivity index (χ3v) is 2.83. The number of nitrogens with zero attached hydrogens (tertiary/aromatic N) is 1. The van der Waals surface area contributed by atoms with Gasteiger partial charge in [0.05, 0.1) is 0 Å². The van der Waals surface area contributed by atoms with Gasteiger partial charge in [-0.1, -0.05) is 12.1 Å². The van der Waals surface area contributed by atoms with Crippen LogP contribution in [-0.4, -0.2) is 27.6 Å². The third-order valence-electron chi connectivity index (χ3n) is 2.83. The highest BCUT2D eigenvalue weighted by Crippen LogP contribution is 2.25. The first-order valence-corrected chi connectivity index (χ1v) is 6.53. The lowest BCUT2D eigenvalue weighted by atomic mass is 10.2. The number of hydrogen-bond donors (Lipinski definition) is 3. The van der Waals surface area contributed by atoms with E-state index >= 15 is 0 Å². The molecule has 0 radical (unpaired) electrons. The second kappa shape index (κ2) is 7.09. The van der Waals surface area contributed by atoms with Crippen LogP contribution < -0.4 is 5.32 Å². The average Bonchev–Trinajstić information content (AvgIpc) is 2.49. The van der Waals surface area contributed by atoms with E-state index in [0.29, 0.717) is 18.5 Å². The number of pyridine rings is 1. The lowest BCUT2D eigenvalue weighted by molar-refractivity contribution is -0.116. The standard InChI is InChI=1S/C16H16N2O3/c19-14-6-4-12(11-15(14)20)5-7-16(21)18-10-8-13-3-1-2-9-17-13/h1-7,9,11,19-20H,8,10H2,(H,18,21). The molecular formula is C16H16N2O3. The summed E-state index contributed by atoms with van der Waals surface area (Å²) in [5, 5.41) is 21.3. The molecule has 5 heteroatoms. The van der Waals surface area contributed by atoms with Crippen LogP contribution in [0.4, 0.5) is 0 Å². The fraction of sp³-hybridized carbons (Fsp3) is 0.125. The Balaban J connectivity index is 1.81. The van der Waals surface area contributed by atoms with Crippen molar-refractivity contribution in [3.05, 3.63) is 59.9 Å². The molecule has 0 aliphatic rings. The Morgan fingerprint density at radius 2 is 2.05 bits per heavy atom. The Labute approximate surface area is 122 Å². The van der Waals surface area contributed by atoms with Gasteiger partial charge in [-0.25, -0.2) is 0 Å². The van der Waals surface area contributed by atoms with Gasteiger partial charge in [-0.3, -0.25) is 9.78 Å². The molecule has 0 unspecified atom stereocenters. The van der Waals surface area contributed by atoms with E-state index in [9.17, 15) is 15.0 Å². The molecule has 2 rings (SSSR count). The molecule has 0 atom stereocenters. The normalized spacial score (nSPS) is 10.7. The summed E-state index contributed by atoms with van der Waals surface area (Å²) < 4.78 is 0. The number of phenolic OH excluding ortho intramolecular Hbond substituents is 2. The Hall–Kier alpha value is -2.82. The van der Waals surface area contributed by atoms with Crippen molar-refractivity contribution in [3.8, 4) is 11.5 Å². The van der Waals surface area contributed by atoms with Gasteiger partial charge in [-0.15, -0.1) is 0 Å². The molecule has 0 spiro atoms. The van der Waals surface area contributed by atoms with E-state index in [1.165, 1.54) is 18.2 Å². The molecule has 2 aromatic rings. The number of carbonyl (C=O) groups excluding carboxylic acids is 1. The number of hydrogen-bond acceptors (Lipinski definition) is 4. The predicted molar refractivity (Wildman–Crippen MR) is 79.8 cm³/mol. The first-order chi connectivity index (χ1) is 10.1. The number of rotatable bonds is 5. The van der Waals surface area contributed by atoms with Crippen molar-refractivity contribution in [2.24, 2.45) is 0 Å². The molecule has 0 fully saturated rings. The zero-order valence-corrected chi connectivity index (χ0v) is 11.4. The van der Waals surface area contributed by atoms with E-state index in [1.54, 1.807) is 18.3 Å². The molecule has 0 aliphatic carbocycles. The second-order valence-corrected chi connectivity index (χ2v) is 4.44. The molecule has 0 saturated heterocycles. The minimum Gasteiger partial charge on any atom is -0.504 e. The topological polar surface area (TPSA) is 82.5 Å². The molecule has 0 bridgehead atoms. The highest BCUT2D eigenvalue weighted by Gasteiger charge is 2.00. The van der Waals surface area contributed by atoms with Crippen molar-refractivity contribution < 1.29 is 15.0 Å². The Morgan fingerprint density at radius 3 is 2.76 bits per heavy atom. The number of aromatic hydroxyl groups is 2. The molecule has 1 amide bonds. The van der Waals surface area contributed by atoms with Gasteiger partial charge in [-0.05, 0) is 35.9 Å². The van der Waals surface area contributed by atoms with Crippen molar-refractivity contribution in [2.75, 3.05) is 6.54 Å². The molecule has 1 aromatic heterocycles. The third kappa shape index (κ3) is 4.65. The molecule has 0 aliphatic heterocycles. The summed E-state index contributed by atoms with van der Waals surface area (Å²) in [6.45, 7) is 0.501. The summed E-state index contributed by atoms with van der Waals surface area (Å²) in [5.41, 5.74) is 1.55. The van der Waals surface area contributed by atoms with Gasteiger partial charge in [0.1, 0.15) is 0 Å². The van der Waals surface area contributed by atoms with E-state index in [1.807, 2.05) is 18.2 Å². The van der Waals surface area contributed by atoms with Crippen molar-refractivity contribution in [1.82, 2.24) is 10.3 Å². The number of benzene rings is 1. The van der Waals surface area contributed by atoms with E-state index in [-0.39, 0.29) is 17.4 Å². The molecule has 1 aromatic carbocycles. The maximum atomic E-state index is 11.6. The largest absolute Gasteiger partial charge is 0.504 e. The molecule has 21 heavy (non-hydrogen) atoms. The number of amides is 1. The van der Waals surface area contributed by atoms with Crippen LogP contribution in [0.25, 0.3) is 6.08 Å². The van der Waals surface area contributed by atoms with Gasteiger partial charge < -0.3 is 15.5 Å². The summed E-state index contributed by atoms with van der Waals surface area (Å²) in [6, 6.07) is 10.0. The van der Waals surface area contributed by atoms with Crippen molar-refractivity contribution in [2.45, 2.75) is 6.42 Å². The summed E-state index contributed by atoms with van der Waals surface area (Å²) in [4.78, 5) is 15.8.